The van der Waals surface area contributed by atoms with Gasteiger partial charge in [0, 0.05) is 18.1 Å². The van der Waals surface area contributed by atoms with Crippen molar-refractivity contribution in [2.24, 2.45) is 10.4 Å². The zero-order valence-electron chi connectivity index (χ0n) is 13.2. The number of rotatable bonds is 8. The first-order chi connectivity index (χ1) is 12.1. The molecule has 1 aliphatic heterocycles. The molecule has 1 aromatic rings. The van der Waals surface area contributed by atoms with Crippen LogP contribution in [-0.4, -0.2) is 41.8 Å². The lowest BCUT2D eigenvalue weighted by Gasteiger charge is -2.12. The van der Waals surface area contributed by atoms with Crippen molar-refractivity contribution >= 4 is 23.7 Å². The highest BCUT2D eigenvalue weighted by Gasteiger charge is 2.32. The lowest BCUT2D eigenvalue weighted by atomic mass is 10.2. The van der Waals surface area contributed by atoms with Crippen molar-refractivity contribution in [2.45, 2.75) is 19.4 Å². The van der Waals surface area contributed by atoms with E-state index in [9.17, 15) is 19.2 Å². The van der Waals surface area contributed by atoms with Crippen molar-refractivity contribution in [3.63, 3.8) is 0 Å². The number of hydrogen-bond donors (Lipinski definition) is 1. The van der Waals surface area contributed by atoms with Crippen LogP contribution in [0, 0.1) is 0 Å². The van der Waals surface area contributed by atoms with Gasteiger partial charge in [0.2, 0.25) is 5.91 Å². The Morgan fingerprint density at radius 2 is 1.80 bits per heavy atom. The normalized spacial score (nSPS) is 14.0. The first-order valence-electron chi connectivity index (χ1n) is 7.42. The zero-order chi connectivity index (χ0) is 18.1. The van der Waals surface area contributed by atoms with Gasteiger partial charge in [-0.1, -0.05) is 30.3 Å². The highest BCUT2D eigenvalue weighted by Crippen LogP contribution is 2.11. The van der Waals surface area contributed by atoms with Crippen LogP contribution < -0.4 is 5.32 Å². The average Bonchev–Trinajstić information content (AvgIpc) is 2.92. The number of hydroxylamine groups is 2. The van der Waals surface area contributed by atoms with E-state index in [1.54, 1.807) is 0 Å². The lowest BCUT2D eigenvalue weighted by molar-refractivity contribution is -0.196. The quantitative estimate of drug-likeness (QED) is 0.409. The number of nitrogens with one attached hydrogen (secondary N) is 1. The lowest BCUT2D eigenvalue weighted by Crippen LogP contribution is -2.38. The largest absolute Gasteiger partial charge is 0.375 e. The maximum absolute atomic E-state index is 11.5. The second kappa shape index (κ2) is 9.11. The fraction of sp³-hybridized carbons (Fsp3) is 0.333. The monoisotopic (exact) mass is 348 g/mol. The highest BCUT2D eigenvalue weighted by atomic mass is 16.7. The summed E-state index contributed by atoms with van der Waals surface area (Å²) in [6.45, 7) is -0.629. The summed E-state index contributed by atoms with van der Waals surface area (Å²) in [6, 6.07) is 9.28. The molecule has 1 heterocycles. The number of benzene rings is 1. The van der Waals surface area contributed by atoms with Crippen molar-refractivity contribution in [3.05, 3.63) is 35.9 Å². The molecule has 2 rings (SSSR count). The Labute approximate surface area is 142 Å². The SMILES string of the molecule is O=C(C/N=N/OCc1ccccc1)NCC(=O)ON1C(=O)CCC1=O. The molecule has 0 radical (unpaired) electrons. The van der Waals surface area contributed by atoms with E-state index in [1.807, 2.05) is 30.3 Å². The summed E-state index contributed by atoms with van der Waals surface area (Å²) >= 11 is 0. The molecule has 0 spiro atoms. The molecule has 0 bridgehead atoms. The summed E-state index contributed by atoms with van der Waals surface area (Å²) in [4.78, 5) is 55.0. The second-order valence-electron chi connectivity index (χ2n) is 4.96. The van der Waals surface area contributed by atoms with Crippen LogP contribution in [0.25, 0.3) is 0 Å². The van der Waals surface area contributed by atoms with Gasteiger partial charge in [-0.15, -0.1) is 10.2 Å². The molecular formula is C15H16N4O6. The molecule has 10 heteroatoms. The fourth-order valence-corrected chi connectivity index (χ4v) is 1.83. The molecule has 0 unspecified atom stereocenters. The number of carbonyl (C=O) groups is 4. The van der Waals surface area contributed by atoms with Crippen LogP contribution >= 0.6 is 0 Å². The van der Waals surface area contributed by atoms with Gasteiger partial charge in [0.15, 0.2) is 0 Å². The third kappa shape index (κ3) is 6.01. The molecule has 1 saturated heterocycles. The summed E-state index contributed by atoms with van der Waals surface area (Å²) in [5.74, 6) is -2.71. The molecule has 0 aliphatic carbocycles. The van der Waals surface area contributed by atoms with E-state index in [-0.39, 0.29) is 26.0 Å². The first kappa shape index (κ1) is 18.0. The maximum atomic E-state index is 11.5. The molecule has 0 atom stereocenters. The van der Waals surface area contributed by atoms with Crippen LogP contribution in [0.5, 0.6) is 0 Å². The Balaban J connectivity index is 1.60. The summed E-state index contributed by atoms with van der Waals surface area (Å²) in [7, 11) is 0. The van der Waals surface area contributed by atoms with Gasteiger partial charge >= 0.3 is 5.97 Å². The number of imide groups is 1. The summed E-state index contributed by atoms with van der Waals surface area (Å²) < 4.78 is 0. The van der Waals surface area contributed by atoms with Gasteiger partial charge in [0.05, 0.1) is 0 Å². The van der Waals surface area contributed by atoms with E-state index >= 15 is 0 Å². The van der Waals surface area contributed by atoms with Crippen molar-refractivity contribution in [1.82, 2.24) is 10.4 Å². The molecule has 1 N–H and O–H groups in total. The van der Waals surface area contributed by atoms with Gasteiger partial charge < -0.3 is 15.0 Å². The number of nitrogens with zero attached hydrogens (tertiary/aromatic N) is 3. The Morgan fingerprint density at radius 1 is 1.12 bits per heavy atom. The van der Waals surface area contributed by atoms with Crippen molar-refractivity contribution < 1.29 is 28.9 Å². The van der Waals surface area contributed by atoms with Gasteiger partial charge in [-0.2, -0.15) is 0 Å². The molecular weight excluding hydrogens is 332 g/mol. The van der Waals surface area contributed by atoms with Gasteiger partial charge in [-0.3, -0.25) is 14.4 Å². The fourth-order valence-electron chi connectivity index (χ4n) is 1.83. The molecule has 0 aromatic heterocycles. The third-order valence-electron chi connectivity index (χ3n) is 3.03. The Morgan fingerprint density at radius 3 is 2.48 bits per heavy atom. The standard InChI is InChI=1S/C15H16N4O6/c20-12(8-17-18-24-10-11-4-2-1-3-5-11)16-9-15(23)25-19-13(21)6-7-14(19)22/h1-5H,6-10H2,(H,16,20)/b18-17+. The van der Waals surface area contributed by atoms with Crippen LogP contribution in [-0.2, 0) is 35.5 Å². The van der Waals surface area contributed by atoms with E-state index in [4.69, 9.17) is 4.84 Å². The Bertz CT molecular complexity index is 660. The van der Waals surface area contributed by atoms with E-state index in [1.165, 1.54) is 0 Å². The number of carbonyl (C=O) groups excluding carboxylic acids is 4. The van der Waals surface area contributed by atoms with E-state index in [0.717, 1.165) is 5.56 Å². The predicted octanol–water partition coefficient (Wildman–Crippen LogP) is 0.294. The second-order valence-corrected chi connectivity index (χ2v) is 4.96. The van der Waals surface area contributed by atoms with Gasteiger partial charge in [0.1, 0.15) is 19.7 Å². The molecule has 1 aliphatic rings. The third-order valence-corrected chi connectivity index (χ3v) is 3.03. The van der Waals surface area contributed by atoms with Crippen LogP contribution in [0.2, 0.25) is 0 Å². The first-order valence-corrected chi connectivity index (χ1v) is 7.42. The van der Waals surface area contributed by atoms with Gasteiger partial charge in [-0.05, 0) is 5.56 Å². The van der Waals surface area contributed by atoms with Gasteiger partial charge in [-0.25, -0.2) is 4.79 Å². The molecule has 0 saturated carbocycles. The number of amides is 3. The van der Waals surface area contributed by atoms with Gasteiger partial charge in [0.25, 0.3) is 11.8 Å². The van der Waals surface area contributed by atoms with E-state index in [2.05, 4.69) is 20.5 Å². The molecule has 3 amide bonds. The molecule has 1 aromatic carbocycles. The molecule has 132 valence electrons. The minimum atomic E-state index is -0.936. The van der Waals surface area contributed by atoms with Crippen LogP contribution in [0.1, 0.15) is 18.4 Å². The van der Waals surface area contributed by atoms with E-state index in [0.29, 0.717) is 5.06 Å². The topological polar surface area (TPSA) is 127 Å². The summed E-state index contributed by atoms with van der Waals surface area (Å²) in [5.41, 5.74) is 0.902. The Kier molecular flexibility index (Phi) is 6.57. The molecule has 1 fully saturated rings. The average molecular weight is 348 g/mol. The maximum Gasteiger partial charge on any atom is 0.352 e. The van der Waals surface area contributed by atoms with Crippen molar-refractivity contribution in [3.8, 4) is 0 Å². The Hall–Kier alpha value is -3.30. The van der Waals surface area contributed by atoms with Crippen molar-refractivity contribution in [2.75, 3.05) is 13.1 Å². The smallest absolute Gasteiger partial charge is 0.352 e. The highest BCUT2D eigenvalue weighted by molar-refractivity contribution is 6.01. The summed E-state index contributed by atoms with van der Waals surface area (Å²) in [5, 5.41) is 9.53. The minimum absolute atomic E-state index is 0.00182. The number of hydrogen-bond acceptors (Lipinski definition) is 8. The van der Waals surface area contributed by atoms with Crippen molar-refractivity contribution in [1.29, 1.82) is 0 Å². The molecule has 10 nitrogen and oxygen atoms in total. The van der Waals surface area contributed by atoms with Crippen LogP contribution in [0.15, 0.2) is 40.7 Å². The summed E-state index contributed by atoms with van der Waals surface area (Å²) in [6.07, 6.45) is 0.00365. The van der Waals surface area contributed by atoms with Crippen LogP contribution in [0.3, 0.4) is 0 Å². The zero-order valence-corrected chi connectivity index (χ0v) is 13.2. The predicted molar refractivity (Wildman–Crippen MR) is 81.1 cm³/mol. The molecule has 25 heavy (non-hydrogen) atoms. The van der Waals surface area contributed by atoms with Crippen LogP contribution in [0.4, 0.5) is 0 Å². The minimum Gasteiger partial charge on any atom is -0.375 e. The van der Waals surface area contributed by atoms with E-state index < -0.39 is 30.2 Å².